The Morgan fingerprint density at radius 1 is 1.29 bits per heavy atom. The summed E-state index contributed by atoms with van der Waals surface area (Å²) in [5, 5.41) is 4.04. The lowest BCUT2D eigenvalue weighted by Crippen LogP contribution is -1.93. The van der Waals surface area contributed by atoms with Gasteiger partial charge in [-0.2, -0.15) is 4.98 Å². The van der Waals surface area contributed by atoms with Crippen molar-refractivity contribution in [3.63, 3.8) is 0 Å². The molecule has 3 aromatic rings. The molecular formula is C15H13IN4O. The Morgan fingerprint density at radius 2 is 2.14 bits per heavy atom. The molecule has 3 rings (SSSR count). The molecule has 1 aromatic carbocycles. The molecule has 2 N–H and O–H groups in total. The Morgan fingerprint density at radius 3 is 2.95 bits per heavy atom. The number of nitrogen functional groups attached to an aromatic ring is 1. The number of nitrogens with zero attached hydrogens (tertiary/aromatic N) is 3. The van der Waals surface area contributed by atoms with Crippen molar-refractivity contribution in [3.05, 3.63) is 45.7 Å². The van der Waals surface area contributed by atoms with E-state index in [0.717, 1.165) is 26.8 Å². The van der Waals surface area contributed by atoms with Gasteiger partial charge in [-0.25, -0.2) is 0 Å². The predicted molar refractivity (Wildman–Crippen MR) is 89.5 cm³/mol. The molecule has 0 unspecified atom stereocenters. The van der Waals surface area contributed by atoms with Crippen LogP contribution in [0.3, 0.4) is 0 Å². The lowest BCUT2D eigenvalue weighted by atomic mass is 10.1. The van der Waals surface area contributed by atoms with E-state index in [1.807, 2.05) is 30.3 Å². The molecule has 0 fully saturated rings. The molecule has 0 aliphatic rings. The van der Waals surface area contributed by atoms with Gasteiger partial charge in [0.1, 0.15) is 5.69 Å². The largest absolute Gasteiger partial charge is 0.398 e. The summed E-state index contributed by atoms with van der Waals surface area (Å²) in [7, 11) is 0. The average Bonchev–Trinajstić information content (AvgIpc) is 2.99. The van der Waals surface area contributed by atoms with Crippen molar-refractivity contribution in [2.45, 2.75) is 13.3 Å². The Kier molecular flexibility index (Phi) is 3.87. The Hall–Kier alpha value is -1.96. The van der Waals surface area contributed by atoms with Crippen LogP contribution < -0.4 is 5.73 Å². The van der Waals surface area contributed by atoms with Crippen molar-refractivity contribution < 1.29 is 4.52 Å². The summed E-state index contributed by atoms with van der Waals surface area (Å²) >= 11 is 2.22. The van der Waals surface area contributed by atoms with Crippen molar-refractivity contribution in [1.29, 1.82) is 0 Å². The summed E-state index contributed by atoms with van der Waals surface area (Å²) in [6.07, 6.45) is 2.59. The summed E-state index contributed by atoms with van der Waals surface area (Å²) in [6.45, 7) is 2.07. The number of aryl methyl sites for hydroxylation is 1. The minimum Gasteiger partial charge on any atom is -0.398 e. The molecule has 6 heteroatoms. The molecule has 2 heterocycles. The Balaban J connectivity index is 2.06. The van der Waals surface area contributed by atoms with Crippen LogP contribution in [0.5, 0.6) is 0 Å². The van der Waals surface area contributed by atoms with Crippen molar-refractivity contribution in [2.24, 2.45) is 0 Å². The standard InChI is InChI=1S/C15H13IN4O/c1-2-9-4-3-7-18-13(9)14-19-15(21-20-14)11-8-10(16)5-6-12(11)17/h3-8H,2,17H2,1H3. The maximum Gasteiger partial charge on any atom is 0.260 e. The Bertz CT molecular complexity index is 785. The van der Waals surface area contributed by atoms with Crippen LogP contribution in [0.2, 0.25) is 0 Å². The van der Waals surface area contributed by atoms with E-state index in [4.69, 9.17) is 10.3 Å². The van der Waals surface area contributed by atoms with Gasteiger partial charge in [-0.05, 0) is 58.8 Å². The highest BCUT2D eigenvalue weighted by Crippen LogP contribution is 2.28. The van der Waals surface area contributed by atoms with Gasteiger partial charge in [-0.1, -0.05) is 18.1 Å². The fourth-order valence-electron chi connectivity index (χ4n) is 2.07. The lowest BCUT2D eigenvalue weighted by molar-refractivity contribution is 0.432. The van der Waals surface area contributed by atoms with Gasteiger partial charge in [0.25, 0.3) is 5.89 Å². The second-order valence-electron chi connectivity index (χ2n) is 4.52. The van der Waals surface area contributed by atoms with Crippen LogP contribution in [-0.2, 0) is 6.42 Å². The first-order valence-electron chi connectivity index (χ1n) is 6.52. The molecule has 0 amide bonds. The topological polar surface area (TPSA) is 77.8 Å². The molecule has 106 valence electrons. The van der Waals surface area contributed by atoms with Gasteiger partial charge < -0.3 is 10.3 Å². The van der Waals surface area contributed by atoms with Crippen molar-refractivity contribution in [1.82, 2.24) is 15.1 Å². The number of halogens is 1. The number of hydrogen-bond acceptors (Lipinski definition) is 5. The highest BCUT2D eigenvalue weighted by Gasteiger charge is 2.16. The van der Waals surface area contributed by atoms with Gasteiger partial charge in [0.2, 0.25) is 5.82 Å². The van der Waals surface area contributed by atoms with Gasteiger partial charge >= 0.3 is 0 Å². The highest BCUT2D eigenvalue weighted by atomic mass is 127. The van der Waals surface area contributed by atoms with Crippen LogP contribution >= 0.6 is 22.6 Å². The van der Waals surface area contributed by atoms with Crippen LogP contribution in [0.1, 0.15) is 12.5 Å². The number of rotatable bonds is 3. The average molecular weight is 392 g/mol. The molecule has 2 aromatic heterocycles. The first kappa shape index (κ1) is 14.0. The molecule has 0 saturated carbocycles. The summed E-state index contributed by atoms with van der Waals surface area (Å²) in [6, 6.07) is 9.61. The normalized spacial score (nSPS) is 10.8. The van der Waals surface area contributed by atoms with Gasteiger partial charge in [0, 0.05) is 15.5 Å². The summed E-state index contributed by atoms with van der Waals surface area (Å²) < 4.78 is 6.41. The number of benzene rings is 1. The smallest absolute Gasteiger partial charge is 0.260 e. The Labute approximate surface area is 135 Å². The van der Waals surface area contributed by atoms with E-state index in [9.17, 15) is 0 Å². The van der Waals surface area contributed by atoms with Crippen molar-refractivity contribution >= 4 is 28.3 Å². The zero-order valence-electron chi connectivity index (χ0n) is 11.4. The zero-order valence-corrected chi connectivity index (χ0v) is 13.5. The van der Waals surface area contributed by atoms with Crippen molar-refractivity contribution in [3.8, 4) is 23.0 Å². The van der Waals surface area contributed by atoms with E-state index in [2.05, 4.69) is 44.6 Å². The van der Waals surface area contributed by atoms with Crippen LogP contribution in [-0.4, -0.2) is 15.1 Å². The first-order valence-corrected chi connectivity index (χ1v) is 7.60. The number of nitrogens with two attached hydrogens (primary N) is 1. The quantitative estimate of drug-likeness (QED) is 0.545. The third-order valence-corrected chi connectivity index (χ3v) is 3.83. The molecular weight excluding hydrogens is 379 g/mol. The third-order valence-electron chi connectivity index (χ3n) is 3.16. The minimum atomic E-state index is 0.411. The summed E-state index contributed by atoms with van der Waals surface area (Å²) in [5.41, 5.74) is 9.17. The van der Waals surface area contributed by atoms with E-state index in [1.165, 1.54) is 0 Å². The van der Waals surface area contributed by atoms with Crippen LogP contribution in [0, 0.1) is 3.57 Å². The molecule has 21 heavy (non-hydrogen) atoms. The van der Waals surface area contributed by atoms with Gasteiger partial charge in [-0.3, -0.25) is 4.98 Å². The van der Waals surface area contributed by atoms with E-state index in [-0.39, 0.29) is 0 Å². The summed E-state index contributed by atoms with van der Waals surface area (Å²) in [4.78, 5) is 8.79. The van der Waals surface area contributed by atoms with Crippen molar-refractivity contribution in [2.75, 3.05) is 5.73 Å². The highest BCUT2D eigenvalue weighted by molar-refractivity contribution is 14.1. The fraction of sp³-hybridized carbons (Fsp3) is 0.133. The monoisotopic (exact) mass is 392 g/mol. The molecule has 0 atom stereocenters. The number of hydrogen-bond donors (Lipinski definition) is 1. The number of anilines is 1. The SMILES string of the molecule is CCc1cccnc1-c1noc(-c2cc(I)ccc2N)n1. The second kappa shape index (κ2) is 5.80. The van der Waals surface area contributed by atoms with Crippen LogP contribution in [0.25, 0.3) is 23.0 Å². The molecule has 0 bridgehead atoms. The molecule has 0 spiro atoms. The molecule has 0 aliphatic carbocycles. The van der Waals surface area contributed by atoms with Gasteiger partial charge in [-0.15, -0.1) is 0 Å². The minimum absolute atomic E-state index is 0.411. The third kappa shape index (κ3) is 2.76. The van der Waals surface area contributed by atoms with Crippen LogP contribution in [0.15, 0.2) is 41.1 Å². The van der Waals surface area contributed by atoms with Gasteiger partial charge in [0.15, 0.2) is 0 Å². The van der Waals surface area contributed by atoms with E-state index < -0.39 is 0 Å². The number of pyridine rings is 1. The molecule has 5 nitrogen and oxygen atoms in total. The second-order valence-corrected chi connectivity index (χ2v) is 5.77. The molecule has 0 aliphatic heterocycles. The fourth-order valence-corrected chi connectivity index (χ4v) is 2.56. The number of aromatic nitrogens is 3. The van der Waals surface area contributed by atoms with Gasteiger partial charge in [0.05, 0.1) is 5.56 Å². The molecule has 0 saturated heterocycles. The maximum absolute atomic E-state index is 5.98. The predicted octanol–water partition coefficient (Wildman–Crippen LogP) is 3.55. The van der Waals surface area contributed by atoms with E-state index in [1.54, 1.807) is 6.20 Å². The van der Waals surface area contributed by atoms with Crippen LogP contribution in [0.4, 0.5) is 5.69 Å². The van der Waals surface area contributed by atoms with E-state index >= 15 is 0 Å². The maximum atomic E-state index is 5.98. The zero-order chi connectivity index (χ0) is 14.8. The molecule has 0 radical (unpaired) electrons. The van der Waals surface area contributed by atoms with E-state index in [0.29, 0.717) is 17.4 Å². The first-order chi connectivity index (χ1) is 10.2. The lowest BCUT2D eigenvalue weighted by Gasteiger charge is -2.01. The summed E-state index contributed by atoms with van der Waals surface area (Å²) in [5.74, 6) is 0.898.